The van der Waals surface area contributed by atoms with Crippen LogP contribution in [0.1, 0.15) is 61.8 Å². The van der Waals surface area contributed by atoms with Gasteiger partial charge in [0, 0.05) is 152 Å². The molecule has 0 bridgehead atoms. The molecule has 5 amide bonds. The van der Waals surface area contributed by atoms with Gasteiger partial charge in [0.25, 0.3) is 5.91 Å². The molecule has 7 aromatic rings. The SMILES string of the molecule is CN1C(=O)C(I)CCn2cc(Br)cc21.CN1C(=O)C(N)CCn2cc(Br)cc21.CN1C(=O)C(NC(=O)C2=NC(Cc3ccccc3)=NC2)CCn2cc(Br)cc21.CN1C(=O)CCCn2cc(Br)cc21.O=C(O)C1=NC(Cc2ccccc2)=NC1.O=C1CCCn2cc(Br)cc2C1. The van der Waals surface area contributed by atoms with Crippen LogP contribution in [0.4, 0.5) is 23.3 Å². The predicted molar refractivity (Wildman–Crippen MR) is 400 cm³/mol. The molecule has 3 unspecified atom stereocenters. The lowest BCUT2D eigenvalue weighted by Crippen LogP contribution is -2.49. The molecule has 3 atom stereocenters. The number of amidine groups is 2. The fraction of sp³-hybridized carbons (Fsp3) is 0.358. The average molecular weight is 1740 g/mol. The lowest BCUT2D eigenvalue weighted by atomic mass is 10.1. The van der Waals surface area contributed by atoms with Gasteiger partial charge in [0.05, 0.1) is 23.1 Å². The number of nitrogens with zero attached hydrogens (tertiary/aromatic N) is 13. The number of anilines is 4. The first-order chi connectivity index (χ1) is 45.9. The number of carbonyl (C=O) groups is 7. The van der Waals surface area contributed by atoms with Gasteiger partial charge in [-0.3, -0.25) is 48.6 Å². The summed E-state index contributed by atoms with van der Waals surface area (Å²) in [5, 5.41) is 11.5. The normalized spacial score (nSPS) is 18.7. The molecular formula is C67H73Br5IN15O8. The van der Waals surface area contributed by atoms with Crippen LogP contribution < -0.4 is 30.7 Å². The van der Waals surface area contributed by atoms with Crippen molar-refractivity contribution in [2.45, 2.75) is 113 Å². The van der Waals surface area contributed by atoms with Gasteiger partial charge in [-0.15, -0.1) is 0 Å². The Morgan fingerprint density at radius 3 is 1.50 bits per heavy atom. The Morgan fingerprint density at radius 2 is 0.969 bits per heavy atom. The van der Waals surface area contributed by atoms with Crippen molar-refractivity contribution in [3.63, 3.8) is 0 Å². The Bertz CT molecular complexity index is 4060. The van der Waals surface area contributed by atoms with Crippen LogP contribution in [-0.2, 0) is 85.5 Å². The molecule has 14 rings (SSSR count). The van der Waals surface area contributed by atoms with E-state index in [1.807, 2.05) is 145 Å². The van der Waals surface area contributed by atoms with Crippen molar-refractivity contribution in [1.29, 1.82) is 0 Å². The van der Waals surface area contributed by atoms with Crippen molar-refractivity contribution in [2.24, 2.45) is 25.7 Å². The predicted octanol–water partition coefficient (Wildman–Crippen LogP) is 10.9. The van der Waals surface area contributed by atoms with E-state index in [-0.39, 0.29) is 58.3 Å². The monoisotopic (exact) mass is 1740 g/mol. The third kappa shape index (κ3) is 19.5. The van der Waals surface area contributed by atoms with Gasteiger partial charge in [0.2, 0.25) is 23.6 Å². The summed E-state index contributed by atoms with van der Waals surface area (Å²) in [5.74, 6) is 4.17. The maximum absolute atomic E-state index is 12.8. The highest BCUT2D eigenvalue weighted by Crippen LogP contribution is 2.31. The number of aryl methyl sites for hydroxylation is 5. The number of carboxylic acid groups (broad SMARTS) is 1. The Labute approximate surface area is 612 Å². The third-order valence-corrected chi connectivity index (χ3v) is 19.8. The number of fused-ring (bicyclic) bond motifs is 5. The molecule has 4 N–H and O–H groups in total. The molecule has 0 radical (unpaired) electrons. The molecule has 0 saturated carbocycles. The Balaban J connectivity index is 0.000000140. The van der Waals surface area contributed by atoms with Gasteiger partial charge in [-0.1, -0.05) is 83.3 Å². The Morgan fingerprint density at radius 1 is 0.542 bits per heavy atom. The highest BCUT2D eigenvalue weighted by molar-refractivity contribution is 14.1. The van der Waals surface area contributed by atoms with E-state index in [4.69, 9.17) is 10.8 Å². The fourth-order valence-electron chi connectivity index (χ4n) is 11.4. The van der Waals surface area contributed by atoms with E-state index in [0.717, 1.165) is 114 Å². The van der Waals surface area contributed by atoms with Crippen LogP contribution in [0.5, 0.6) is 0 Å². The molecule has 0 fully saturated rings. The zero-order valence-corrected chi connectivity index (χ0v) is 63.4. The number of aliphatic imine (C=N–C) groups is 4. The summed E-state index contributed by atoms with van der Waals surface area (Å²) in [6.45, 7) is 4.69. The summed E-state index contributed by atoms with van der Waals surface area (Å²) < 4.78 is 15.6. The zero-order chi connectivity index (χ0) is 68.9. The van der Waals surface area contributed by atoms with Crippen molar-refractivity contribution < 1.29 is 38.7 Å². The van der Waals surface area contributed by atoms with Gasteiger partial charge in [-0.05, 0) is 153 Å². The van der Waals surface area contributed by atoms with Crippen molar-refractivity contribution in [3.8, 4) is 0 Å². The first kappa shape index (κ1) is 73.3. The molecule has 23 nitrogen and oxygen atoms in total. The number of ketones is 1. The second-order valence-electron chi connectivity index (χ2n) is 23.4. The number of benzene rings is 2. The van der Waals surface area contributed by atoms with E-state index in [2.05, 4.69) is 141 Å². The first-order valence-electron chi connectivity index (χ1n) is 31.0. The number of amides is 5. The van der Waals surface area contributed by atoms with Gasteiger partial charge >= 0.3 is 5.97 Å². The maximum atomic E-state index is 12.8. The summed E-state index contributed by atoms with van der Waals surface area (Å²) in [6.07, 6.45) is 17.2. The molecular weight excluding hydrogens is 1670 g/mol. The Hall–Kier alpha value is -6.90. The van der Waals surface area contributed by atoms with Gasteiger partial charge in [-0.25, -0.2) is 14.8 Å². The van der Waals surface area contributed by atoms with Gasteiger partial charge in [-0.2, -0.15) is 0 Å². The second-order valence-corrected chi connectivity index (χ2v) is 29.5. The van der Waals surface area contributed by atoms with E-state index >= 15 is 0 Å². The van der Waals surface area contributed by atoms with Gasteiger partial charge in [0.15, 0.2) is 0 Å². The number of hydrogen-bond donors (Lipinski definition) is 3. The number of Topliss-reactive ketones (excluding diaryl/α,β-unsaturated/α-hetero) is 1. The maximum Gasteiger partial charge on any atom is 0.352 e. The standard InChI is InChI=1S/C20H20BrN5O2.C11H10N2O2.C9H10BrIN2O.C9H12BrN3O.C9H11BrN2O.C9H10BrNO/c1-25-18-10-14(21)12-26(18)8-7-15(20(25)28)24-19(27)16-11-22-17(23-16)9-13-5-3-2-4-6-13;14-11(15)9-7-12-10(13-9)6-8-4-2-1-3-5-8;2*1-12-8-4-6(10)5-13(8)3-2-7(11)9(12)14;1-11-8-5-7(10)6-12(8)4-2-3-9(11)13;10-7-4-8-5-9(12)2-1-3-11(8)6-7/h2-6,10,12,15H,7-9,11H2,1H3,(H,24,27);1-5H,6-7H2,(H,14,15);4-5,7H,2-3H2,1H3;4-5,7H,2-3,11H2,1H3;5-6H,2-4H2,1H3;4,6H,1-3,5H2. The Kier molecular flexibility index (Phi) is 26.0. The fourth-order valence-corrected chi connectivity index (χ4v) is 14.4. The number of rotatable bonds is 7. The molecule has 2 aromatic carbocycles. The molecule has 29 heteroatoms. The van der Waals surface area contributed by atoms with E-state index < -0.39 is 12.0 Å². The molecule has 12 heterocycles. The molecule has 96 heavy (non-hydrogen) atoms. The molecule has 0 saturated heterocycles. The number of hydrogen-bond acceptors (Lipinski definition) is 12. The summed E-state index contributed by atoms with van der Waals surface area (Å²) in [5.41, 5.74) is 9.54. The molecule has 506 valence electrons. The highest BCUT2D eigenvalue weighted by atomic mass is 127. The zero-order valence-electron chi connectivity index (χ0n) is 53.3. The number of nitrogens with one attached hydrogen (secondary N) is 1. The van der Waals surface area contributed by atoms with Crippen LogP contribution in [0.2, 0.25) is 0 Å². The molecule has 5 aromatic heterocycles. The van der Waals surface area contributed by atoms with E-state index in [0.29, 0.717) is 68.2 Å². The first-order valence-corrected chi connectivity index (χ1v) is 36.2. The summed E-state index contributed by atoms with van der Waals surface area (Å²) in [6, 6.07) is 28.5. The number of halogens is 6. The van der Waals surface area contributed by atoms with Crippen LogP contribution in [-0.4, -0.2) is 150 Å². The van der Waals surface area contributed by atoms with Gasteiger partial charge in [0.1, 0.15) is 58.2 Å². The largest absolute Gasteiger partial charge is 0.477 e. The summed E-state index contributed by atoms with van der Waals surface area (Å²) in [7, 11) is 7.13. The average Bonchev–Trinajstić information content (AvgIpc) is 1.73. The van der Waals surface area contributed by atoms with Crippen molar-refractivity contribution >= 4 is 190 Å². The van der Waals surface area contributed by atoms with Crippen LogP contribution in [0.25, 0.3) is 0 Å². The van der Waals surface area contributed by atoms with Crippen molar-refractivity contribution in [1.82, 2.24) is 28.2 Å². The highest BCUT2D eigenvalue weighted by Gasteiger charge is 2.32. The second kappa shape index (κ2) is 34.1. The quantitative estimate of drug-likeness (QED) is 0.101. The van der Waals surface area contributed by atoms with Crippen LogP contribution in [0.3, 0.4) is 0 Å². The molecule has 7 aliphatic heterocycles. The van der Waals surface area contributed by atoms with Crippen molar-refractivity contribution in [2.75, 3.05) is 60.9 Å². The molecule has 7 aliphatic rings. The number of carboxylic acids is 1. The molecule has 0 aliphatic carbocycles. The lowest BCUT2D eigenvalue weighted by Gasteiger charge is -2.20. The lowest BCUT2D eigenvalue weighted by molar-refractivity contribution is -0.129. The minimum atomic E-state index is -0.984. The van der Waals surface area contributed by atoms with E-state index in [9.17, 15) is 33.6 Å². The number of alkyl halides is 1. The van der Waals surface area contributed by atoms with E-state index in [1.54, 1.807) is 33.7 Å². The topological polar surface area (TPSA) is 265 Å². The summed E-state index contributed by atoms with van der Waals surface area (Å²) in [4.78, 5) is 106. The van der Waals surface area contributed by atoms with Crippen LogP contribution in [0, 0.1) is 0 Å². The minimum absolute atomic E-state index is 0.0191. The summed E-state index contributed by atoms with van der Waals surface area (Å²) >= 11 is 19.3. The number of likely N-dealkylation sites (N-methyl/N-ethyl adjacent to an activating group) is 2. The number of aromatic nitrogens is 5. The molecule has 0 spiro atoms. The van der Waals surface area contributed by atoms with Crippen LogP contribution >= 0.6 is 102 Å². The minimum Gasteiger partial charge on any atom is -0.477 e. The van der Waals surface area contributed by atoms with Crippen molar-refractivity contribution in [3.05, 3.63) is 161 Å². The number of aliphatic carboxylic acids is 1. The number of nitrogens with two attached hydrogens (primary N) is 1. The van der Waals surface area contributed by atoms with E-state index in [1.165, 1.54) is 0 Å². The number of carbonyl (C=O) groups excluding carboxylic acids is 6. The van der Waals surface area contributed by atoms with Crippen LogP contribution in [0.15, 0.2) is 164 Å². The third-order valence-electron chi connectivity index (χ3n) is 16.5. The van der Waals surface area contributed by atoms with Gasteiger partial charge < -0.3 is 48.8 Å². The smallest absolute Gasteiger partial charge is 0.352 e.